The first kappa shape index (κ1) is 19.6. The summed E-state index contributed by atoms with van der Waals surface area (Å²) in [6.45, 7) is 1.78. The molecule has 0 bridgehead atoms. The van der Waals surface area contributed by atoms with Gasteiger partial charge < -0.3 is 10.6 Å². The summed E-state index contributed by atoms with van der Waals surface area (Å²) in [6.07, 6.45) is 6.36. The maximum atomic E-state index is 14.6. The van der Waals surface area contributed by atoms with E-state index >= 15 is 0 Å². The van der Waals surface area contributed by atoms with Crippen LogP contribution in [-0.4, -0.2) is 55.8 Å². The quantitative estimate of drug-likeness (QED) is 0.513. The standard InChI is InChI=1S/C22H22ClFN8/c1-30-11-15-16(29-30)3-2-13(18(15)23)14-10-27-19-17(14)20-26-6-9-32(20)21(28-19)31-7-4-22(24,12-25)5-8-31/h2-3,6,10-11H,4-5,7-9,12,25H2,1H3. The highest BCUT2D eigenvalue weighted by Gasteiger charge is 2.36. The van der Waals surface area contributed by atoms with E-state index in [9.17, 15) is 4.39 Å². The summed E-state index contributed by atoms with van der Waals surface area (Å²) in [4.78, 5) is 16.2. The molecule has 1 fully saturated rings. The lowest BCUT2D eigenvalue weighted by Crippen LogP contribution is -2.46. The van der Waals surface area contributed by atoms with Gasteiger partial charge in [0, 0.05) is 74.6 Å². The van der Waals surface area contributed by atoms with E-state index in [-0.39, 0.29) is 6.54 Å². The number of anilines is 1. The maximum Gasteiger partial charge on any atom is 0.209 e. The van der Waals surface area contributed by atoms with Crippen LogP contribution in [0.5, 0.6) is 0 Å². The molecule has 0 radical (unpaired) electrons. The molecule has 1 aromatic heterocycles. The van der Waals surface area contributed by atoms with E-state index in [1.165, 1.54) is 0 Å². The topological polar surface area (TPSA) is 90.2 Å². The van der Waals surface area contributed by atoms with Crippen LogP contribution in [0.4, 0.5) is 16.2 Å². The van der Waals surface area contributed by atoms with Gasteiger partial charge in [0.1, 0.15) is 11.5 Å². The first-order valence-electron chi connectivity index (χ1n) is 10.7. The summed E-state index contributed by atoms with van der Waals surface area (Å²) in [7, 11) is 1.88. The molecular formula is C22H22ClFN8. The van der Waals surface area contributed by atoms with Gasteiger partial charge in [0.15, 0.2) is 5.82 Å². The molecule has 0 aliphatic carbocycles. The predicted octanol–water partition coefficient (Wildman–Crippen LogP) is 3.57. The molecular weight excluding hydrogens is 431 g/mol. The van der Waals surface area contributed by atoms with Gasteiger partial charge in [0.25, 0.3) is 0 Å². The van der Waals surface area contributed by atoms with Crippen molar-refractivity contribution >= 4 is 40.5 Å². The zero-order valence-corrected chi connectivity index (χ0v) is 18.3. The summed E-state index contributed by atoms with van der Waals surface area (Å²) in [5.41, 5.74) is 7.81. The van der Waals surface area contributed by atoms with Gasteiger partial charge in [-0.1, -0.05) is 17.7 Å². The lowest BCUT2D eigenvalue weighted by Gasteiger charge is -2.37. The van der Waals surface area contributed by atoms with Crippen LogP contribution in [0.25, 0.3) is 33.4 Å². The number of aliphatic imine (C=N–C) groups is 1. The number of fused-ring (bicyclic) bond motifs is 4. The molecule has 4 aliphatic rings. The lowest BCUT2D eigenvalue weighted by molar-refractivity contribution is 0.134. The van der Waals surface area contributed by atoms with Crippen molar-refractivity contribution in [2.45, 2.75) is 25.1 Å². The number of rotatable bonds is 3. The monoisotopic (exact) mass is 452 g/mol. The van der Waals surface area contributed by atoms with Crippen LogP contribution in [0.1, 0.15) is 12.8 Å². The molecule has 6 rings (SSSR count). The second-order valence-corrected chi connectivity index (χ2v) is 8.91. The Hall–Kier alpha value is -3.04. The van der Waals surface area contributed by atoms with Crippen molar-refractivity contribution in [3.05, 3.63) is 29.5 Å². The van der Waals surface area contributed by atoms with Crippen molar-refractivity contribution in [1.29, 1.82) is 0 Å². The smallest absolute Gasteiger partial charge is 0.209 e. The number of halogens is 2. The summed E-state index contributed by atoms with van der Waals surface area (Å²) >= 11 is 6.79. The molecule has 2 N–H and O–H groups in total. The SMILES string of the molecule is Cn1cc2c(Cl)c(-c3cnc4nc(N5CCC(F)(CN)CC5)n5c(c3-4)N=CC5)ccc2n1. The lowest BCUT2D eigenvalue weighted by atomic mass is 9.94. The Labute approximate surface area is 188 Å². The summed E-state index contributed by atoms with van der Waals surface area (Å²) in [5, 5.41) is 5.95. The molecule has 32 heavy (non-hydrogen) atoms. The van der Waals surface area contributed by atoms with Gasteiger partial charge in [-0.3, -0.25) is 9.25 Å². The molecule has 1 aromatic carbocycles. The van der Waals surface area contributed by atoms with Crippen LogP contribution in [-0.2, 0) is 13.6 Å². The molecule has 0 saturated carbocycles. The molecule has 1 saturated heterocycles. The number of aromatic nitrogens is 5. The predicted molar refractivity (Wildman–Crippen MR) is 124 cm³/mol. The van der Waals surface area contributed by atoms with Crippen molar-refractivity contribution in [3.63, 3.8) is 0 Å². The molecule has 0 unspecified atom stereocenters. The molecule has 0 atom stereocenters. The van der Waals surface area contributed by atoms with Crippen molar-refractivity contribution < 1.29 is 4.39 Å². The molecule has 5 heterocycles. The number of aryl methyl sites for hydroxylation is 1. The highest BCUT2D eigenvalue weighted by molar-refractivity contribution is 6.38. The Morgan fingerprint density at radius 3 is 2.81 bits per heavy atom. The Bertz CT molecular complexity index is 1350. The van der Waals surface area contributed by atoms with Crippen LogP contribution < -0.4 is 10.6 Å². The normalized spacial score (nSPS) is 17.6. The minimum absolute atomic E-state index is 0.0530. The fourth-order valence-corrected chi connectivity index (χ4v) is 5.03. The zero-order valence-electron chi connectivity index (χ0n) is 17.6. The number of benzene rings is 1. The number of piperidine rings is 1. The number of nitrogens with zero attached hydrogens (tertiary/aromatic N) is 7. The molecule has 0 spiro atoms. The average Bonchev–Trinajstić information content (AvgIpc) is 3.51. The summed E-state index contributed by atoms with van der Waals surface area (Å²) in [5.74, 6) is 2.18. The van der Waals surface area contributed by atoms with Gasteiger partial charge in [0.2, 0.25) is 5.95 Å². The highest BCUT2D eigenvalue weighted by atomic mass is 35.5. The molecule has 10 heteroatoms. The van der Waals surface area contributed by atoms with Gasteiger partial charge in [-0.05, 0) is 6.07 Å². The van der Waals surface area contributed by atoms with E-state index in [1.807, 2.05) is 31.6 Å². The van der Waals surface area contributed by atoms with Crippen molar-refractivity contribution in [3.8, 4) is 22.5 Å². The zero-order chi connectivity index (χ0) is 22.0. The first-order chi connectivity index (χ1) is 15.5. The van der Waals surface area contributed by atoms with Crippen LogP contribution in [0.2, 0.25) is 5.02 Å². The second-order valence-electron chi connectivity index (χ2n) is 8.53. The Morgan fingerprint density at radius 2 is 2.03 bits per heavy atom. The third kappa shape index (κ3) is 2.84. The van der Waals surface area contributed by atoms with E-state index in [0.29, 0.717) is 43.3 Å². The Kier molecular flexibility index (Phi) is 4.28. The van der Waals surface area contributed by atoms with Crippen molar-refractivity contribution in [2.24, 2.45) is 17.8 Å². The highest BCUT2D eigenvalue weighted by Crippen LogP contribution is 2.46. The minimum Gasteiger partial charge on any atom is -0.342 e. The molecule has 164 valence electrons. The van der Waals surface area contributed by atoms with E-state index in [1.54, 1.807) is 10.9 Å². The minimum atomic E-state index is -1.29. The van der Waals surface area contributed by atoms with Gasteiger partial charge in [-0.2, -0.15) is 10.1 Å². The number of hydrogen-bond donors (Lipinski definition) is 1. The summed E-state index contributed by atoms with van der Waals surface area (Å²) < 4.78 is 18.4. The van der Waals surface area contributed by atoms with Crippen molar-refractivity contribution in [1.82, 2.24) is 24.3 Å². The molecule has 4 aliphatic heterocycles. The molecule has 0 amide bonds. The number of hydrogen-bond acceptors (Lipinski definition) is 6. The second kappa shape index (κ2) is 6.98. The van der Waals surface area contributed by atoms with Crippen molar-refractivity contribution in [2.75, 3.05) is 24.5 Å². The van der Waals surface area contributed by atoms with Gasteiger partial charge in [-0.15, -0.1) is 0 Å². The fourth-order valence-electron chi connectivity index (χ4n) is 4.72. The van der Waals surface area contributed by atoms with Crippen LogP contribution in [0.15, 0.2) is 29.5 Å². The van der Waals surface area contributed by atoms with E-state index in [4.69, 9.17) is 22.3 Å². The third-order valence-electron chi connectivity index (χ3n) is 6.55. The molecule has 8 nitrogen and oxygen atoms in total. The Morgan fingerprint density at radius 1 is 1.22 bits per heavy atom. The van der Waals surface area contributed by atoms with Gasteiger partial charge in [0.05, 0.1) is 22.6 Å². The first-order valence-corrected chi connectivity index (χ1v) is 11.0. The number of alkyl halides is 1. The average molecular weight is 453 g/mol. The van der Waals surface area contributed by atoms with Gasteiger partial charge >= 0.3 is 0 Å². The van der Waals surface area contributed by atoms with Crippen LogP contribution in [0.3, 0.4) is 0 Å². The molecule has 2 aromatic rings. The number of nitrogens with two attached hydrogens (primary N) is 1. The fraction of sp³-hybridized carbons (Fsp3) is 0.364. The van der Waals surface area contributed by atoms with Gasteiger partial charge in [-0.25, -0.2) is 14.4 Å². The third-order valence-corrected chi connectivity index (χ3v) is 6.96. The van der Waals surface area contributed by atoms with E-state index < -0.39 is 5.67 Å². The van der Waals surface area contributed by atoms with Crippen LogP contribution >= 0.6 is 11.6 Å². The maximum absolute atomic E-state index is 14.6. The largest absolute Gasteiger partial charge is 0.342 e. The Balaban J connectivity index is 1.47. The summed E-state index contributed by atoms with van der Waals surface area (Å²) in [6, 6.07) is 3.93. The van der Waals surface area contributed by atoms with Crippen LogP contribution in [0, 0.1) is 0 Å². The van der Waals surface area contributed by atoms with E-state index in [2.05, 4.69) is 24.5 Å². The van der Waals surface area contributed by atoms with E-state index in [0.717, 1.165) is 39.4 Å².